The third kappa shape index (κ3) is 4.08. The monoisotopic (exact) mass is 562 g/mol. The minimum Gasteiger partial charge on any atom is -0.389 e. The number of nitrogens with zero attached hydrogens (tertiary/aromatic N) is 1. The van der Waals surface area contributed by atoms with Crippen LogP contribution in [0.3, 0.4) is 0 Å². The van der Waals surface area contributed by atoms with Gasteiger partial charge in [-0.05, 0) is 93.0 Å². The molecular weight excluding hydrogens is 512 g/mol. The number of aliphatic hydroxyl groups is 1. The topological polar surface area (TPSA) is 107 Å². The van der Waals surface area contributed by atoms with Gasteiger partial charge >= 0.3 is 0 Å². The Hall–Kier alpha value is -2.26. The van der Waals surface area contributed by atoms with Gasteiger partial charge in [-0.2, -0.15) is 5.26 Å². The van der Waals surface area contributed by atoms with Crippen molar-refractivity contribution in [3.63, 3.8) is 0 Å². The van der Waals surface area contributed by atoms with Gasteiger partial charge in [0.2, 0.25) is 5.91 Å². The molecule has 6 heteroatoms. The number of nitrogens with one attached hydrogen (secondary N) is 1. The number of amides is 1. The quantitative estimate of drug-likeness (QED) is 0.433. The Bertz CT molecular complexity index is 1310. The molecule has 0 radical (unpaired) electrons. The van der Waals surface area contributed by atoms with E-state index in [4.69, 9.17) is 0 Å². The predicted octanol–water partition coefficient (Wildman–Crippen LogP) is 6.09. The number of hydrogen-bond donors (Lipinski definition) is 2. The van der Waals surface area contributed by atoms with Crippen LogP contribution >= 0.6 is 0 Å². The second kappa shape index (κ2) is 8.88. The number of ketones is 2. The smallest absolute Gasteiger partial charge is 0.226 e. The summed E-state index contributed by atoms with van der Waals surface area (Å²) < 4.78 is 0. The van der Waals surface area contributed by atoms with Crippen molar-refractivity contribution in [2.24, 2.45) is 50.2 Å². The molecule has 3 unspecified atom stereocenters. The highest BCUT2D eigenvalue weighted by Gasteiger charge is 2.70. The van der Waals surface area contributed by atoms with Crippen molar-refractivity contribution in [2.75, 3.05) is 6.54 Å². The van der Waals surface area contributed by atoms with E-state index in [1.54, 1.807) is 13.8 Å². The summed E-state index contributed by atoms with van der Waals surface area (Å²) in [6.45, 7) is 18.8. The second-order valence-electron chi connectivity index (χ2n) is 16.9. The van der Waals surface area contributed by atoms with Gasteiger partial charge in [-0.15, -0.1) is 0 Å². The maximum absolute atomic E-state index is 14.6. The number of carbonyl (C=O) groups is 3. The zero-order chi connectivity index (χ0) is 30.6. The van der Waals surface area contributed by atoms with E-state index in [0.29, 0.717) is 0 Å². The van der Waals surface area contributed by atoms with E-state index in [2.05, 4.69) is 46.0 Å². The molecular formula is C35H50N2O4. The van der Waals surface area contributed by atoms with Gasteiger partial charge in [0, 0.05) is 23.3 Å². The molecule has 3 saturated carbocycles. The van der Waals surface area contributed by atoms with Crippen LogP contribution in [-0.4, -0.2) is 34.7 Å². The molecule has 0 aromatic rings. The van der Waals surface area contributed by atoms with Crippen LogP contribution in [-0.2, 0) is 14.4 Å². The van der Waals surface area contributed by atoms with Gasteiger partial charge in [0.25, 0.3) is 0 Å². The lowest BCUT2D eigenvalue weighted by Gasteiger charge is -2.69. The van der Waals surface area contributed by atoms with Gasteiger partial charge in [-0.25, -0.2) is 0 Å². The van der Waals surface area contributed by atoms with Gasteiger partial charge in [-0.3, -0.25) is 14.4 Å². The van der Waals surface area contributed by atoms with Crippen molar-refractivity contribution in [1.82, 2.24) is 5.32 Å². The predicted molar refractivity (Wildman–Crippen MR) is 158 cm³/mol. The highest BCUT2D eigenvalue weighted by Crippen LogP contribution is 2.74. The van der Waals surface area contributed by atoms with Crippen LogP contribution < -0.4 is 5.32 Å². The van der Waals surface area contributed by atoms with Crippen molar-refractivity contribution < 1.29 is 19.5 Å². The average Bonchev–Trinajstić information content (AvgIpc) is 2.85. The van der Waals surface area contributed by atoms with E-state index < -0.39 is 21.8 Å². The molecule has 5 aliphatic carbocycles. The Morgan fingerprint density at radius 3 is 2.29 bits per heavy atom. The molecule has 7 atom stereocenters. The van der Waals surface area contributed by atoms with E-state index >= 15 is 0 Å². The largest absolute Gasteiger partial charge is 0.389 e. The van der Waals surface area contributed by atoms with Crippen LogP contribution in [0.15, 0.2) is 23.3 Å². The van der Waals surface area contributed by atoms with Gasteiger partial charge in [0.15, 0.2) is 11.6 Å². The van der Waals surface area contributed by atoms with Crippen molar-refractivity contribution in [2.45, 2.75) is 113 Å². The lowest BCUT2D eigenvalue weighted by Crippen LogP contribution is -2.66. The first-order chi connectivity index (χ1) is 18.7. The molecule has 0 heterocycles. The van der Waals surface area contributed by atoms with Crippen LogP contribution in [0.5, 0.6) is 0 Å². The van der Waals surface area contributed by atoms with Crippen molar-refractivity contribution >= 4 is 17.5 Å². The number of nitriles is 1. The molecule has 0 saturated heterocycles. The standard InChI is InChI=1S/C35H50N2O4/c1-29(2)12-14-35(28(40)37-20-30(3,4)41)15-13-34(9)26(22(35)18-29)23(38)16-25-32(7)17-21(19-36)27(39)31(5,6)24(32)10-11-33(25,34)8/h16-17,22,24,26,41H,10-15,18,20H2,1-9H3,(H,37,40)/t22?,24?,26?,32-,33+,34+,35-/m0/s1. The molecule has 0 spiro atoms. The first-order valence-corrected chi connectivity index (χ1v) is 15.6. The number of fused-ring (bicyclic) bond motifs is 7. The third-order valence-corrected chi connectivity index (χ3v) is 13.0. The summed E-state index contributed by atoms with van der Waals surface area (Å²) in [6, 6.07) is 2.18. The first-order valence-electron chi connectivity index (χ1n) is 15.6. The molecule has 0 aromatic carbocycles. The summed E-state index contributed by atoms with van der Waals surface area (Å²) in [4.78, 5) is 41.9. The number of rotatable bonds is 3. The number of Topliss-reactive ketones (excluding diaryl/α,β-unsaturated/α-hetero) is 1. The van der Waals surface area contributed by atoms with E-state index in [9.17, 15) is 24.8 Å². The van der Waals surface area contributed by atoms with E-state index in [1.807, 2.05) is 26.0 Å². The minimum absolute atomic E-state index is 0.00999. The Morgan fingerprint density at radius 1 is 1.05 bits per heavy atom. The maximum atomic E-state index is 14.6. The van der Waals surface area contributed by atoms with Crippen LogP contribution in [0.1, 0.15) is 107 Å². The lowest BCUT2D eigenvalue weighted by atomic mass is 9.34. The Morgan fingerprint density at radius 2 is 1.68 bits per heavy atom. The van der Waals surface area contributed by atoms with E-state index in [0.717, 1.165) is 50.5 Å². The molecule has 5 rings (SSSR count). The number of hydrogen-bond acceptors (Lipinski definition) is 5. The van der Waals surface area contributed by atoms with Crippen LogP contribution in [0.25, 0.3) is 0 Å². The second-order valence-corrected chi connectivity index (χ2v) is 16.9. The molecule has 5 aliphatic rings. The fourth-order valence-electron chi connectivity index (χ4n) is 10.5. The van der Waals surface area contributed by atoms with Crippen molar-refractivity contribution in [3.05, 3.63) is 23.3 Å². The van der Waals surface area contributed by atoms with Gasteiger partial charge in [-0.1, -0.05) is 60.1 Å². The number of carbonyl (C=O) groups excluding carboxylic acids is 3. The number of allylic oxidation sites excluding steroid dienone is 4. The third-order valence-electron chi connectivity index (χ3n) is 13.0. The van der Waals surface area contributed by atoms with Crippen LogP contribution in [0.4, 0.5) is 0 Å². The fraction of sp³-hybridized carbons (Fsp3) is 0.771. The summed E-state index contributed by atoms with van der Waals surface area (Å²) in [7, 11) is 0. The minimum atomic E-state index is -1.01. The first kappa shape index (κ1) is 30.2. The lowest BCUT2D eigenvalue weighted by molar-refractivity contribution is -0.178. The maximum Gasteiger partial charge on any atom is 0.226 e. The normalized spacial score (nSPS) is 42.8. The molecule has 0 bridgehead atoms. The molecule has 0 aliphatic heterocycles. The molecule has 6 nitrogen and oxygen atoms in total. The van der Waals surface area contributed by atoms with E-state index in [1.165, 1.54) is 0 Å². The summed E-state index contributed by atoms with van der Waals surface area (Å²) in [6.07, 6.45) is 9.48. The van der Waals surface area contributed by atoms with Crippen LogP contribution in [0, 0.1) is 61.6 Å². The molecule has 3 fully saturated rings. The molecule has 224 valence electrons. The van der Waals surface area contributed by atoms with Gasteiger partial charge in [0.05, 0.1) is 16.6 Å². The van der Waals surface area contributed by atoms with E-state index in [-0.39, 0.29) is 63.6 Å². The zero-order valence-corrected chi connectivity index (χ0v) is 26.7. The summed E-state index contributed by atoms with van der Waals surface area (Å²) in [5, 5.41) is 23.4. The highest BCUT2D eigenvalue weighted by molar-refractivity contribution is 6.04. The summed E-state index contributed by atoms with van der Waals surface area (Å²) >= 11 is 0. The SMILES string of the molecule is CC(C)(O)CNC(=O)[C@]12CCC(C)(C)CC1C1C(=O)C=C3[C@@]4(C)C=C(C#N)C(=O)C(C)(C)C4CC[C@@]3(C)[C@]1(C)CC2. The summed E-state index contributed by atoms with van der Waals surface area (Å²) in [5.41, 5.74) is -2.25. The molecule has 41 heavy (non-hydrogen) atoms. The zero-order valence-electron chi connectivity index (χ0n) is 26.7. The fourth-order valence-corrected chi connectivity index (χ4v) is 10.5. The highest BCUT2D eigenvalue weighted by atomic mass is 16.3. The van der Waals surface area contributed by atoms with Crippen molar-refractivity contribution in [1.29, 1.82) is 5.26 Å². The molecule has 0 aromatic heterocycles. The average molecular weight is 563 g/mol. The van der Waals surface area contributed by atoms with Crippen molar-refractivity contribution in [3.8, 4) is 6.07 Å². The Kier molecular flexibility index (Phi) is 6.54. The summed E-state index contributed by atoms with van der Waals surface area (Å²) in [5.74, 6) is -0.368. The molecule has 1 amide bonds. The Labute approximate surface area is 246 Å². The van der Waals surface area contributed by atoms with Gasteiger partial charge in [0.1, 0.15) is 6.07 Å². The Balaban J connectivity index is 1.65. The molecule has 2 N–H and O–H groups in total. The van der Waals surface area contributed by atoms with Crippen LogP contribution in [0.2, 0.25) is 0 Å². The van der Waals surface area contributed by atoms with Gasteiger partial charge < -0.3 is 10.4 Å².